The van der Waals surface area contributed by atoms with E-state index >= 15 is 0 Å². The number of ether oxygens (including phenoxy) is 1. The molecule has 0 radical (unpaired) electrons. The molecular formula is C23H28N4O4S. The van der Waals surface area contributed by atoms with Gasteiger partial charge in [0.1, 0.15) is 17.2 Å². The van der Waals surface area contributed by atoms with E-state index in [4.69, 9.17) is 4.74 Å². The van der Waals surface area contributed by atoms with Gasteiger partial charge in [-0.15, -0.1) is 0 Å². The second-order valence-corrected chi connectivity index (χ2v) is 9.40. The Hall–Kier alpha value is -3.33. The Kier molecular flexibility index (Phi) is 6.88. The lowest BCUT2D eigenvalue weighted by atomic mass is 10.2. The summed E-state index contributed by atoms with van der Waals surface area (Å²) in [5.74, 6) is 0.263. The topological polar surface area (TPSA) is 93.5 Å². The summed E-state index contributed by atoms with van der Waals surface area (Å²) >= 11 is 0. The standard InChI is InChI=1S/C23H28N4O4S/c1-16-9-11-20(12-10-16)27(32(29,30)23-17(2)25-26(4)18(23)3)15-22(28)24-14-19-7-6-8-21(13-19)31-5/h6-13H,14-15H2,1-5H3,(H,24,28). The number of sulfonamides is 1. The Bertz CT molecular complexity index is 1220. The predicted octanol–water partition coefficient (Wildman–Crippen LogP) is 2.87. The van der Waals surface area contributed by atoms with Gasteiger partial charge in [0, 0.05) is 13.6 Å². The minimum absolute atomic E-state index is 0.112. The predicted molar refractivity (Wildman–Crippen MR) is 123 cm³/mol. The number of methoxy groups -OCH3 is 1. The maximum absolute atomic E-state index is 13.6. The van der Waals surface area contributed by atoms with E-state index in [2.05, 4.69) is 10.4 Å². The van der Waals surface area contributed by atoms with Crippen LogP contribution < -0.4 is 14.4 Å². The smallest absolute Gasteiger partial charge is 0.268 e. The molecular weight excluding hydrogens is 428 g/mol. The highest BCUT2D eigenvalue weighted by atomic mass is 32.2. The van der Waals surface area contributed by atoms with Gasteiger partial charge in [-0.1, -0.05) is 29.8 Å². The minimum atomic E-state index is -4.03. The van der Waals surface area contributed by atoms with Crippen molar-refractivity contribution in [2.45, 2.75) is 32.2 Å². The van der Waals surface area contributed by atoms with Crippen molar-refractivity contribution >= 4 is 21.6 Å². The number of aryl methyl sites for hydroxylation is 3. The number of aromatic nitrogens is 2. The summed E-state index contributed by atoms with van der Waals surface area (Å²) in [5.41, 5.74) is 3.15. The molecule has 0 aliphatic carbocycles. The largest absolute Gasteiger partial charge is 0.497 e. The molecule has 0 unspecified atom stereocenters. The normalized spacial score (nSPS) is 11.3. The zero-order chi connectivity index (χ0) is 23.5. The lowest BCUT2D eigenvalue weighted by molar-refractivity contribution is -0.119. The van der Waals surface area contributed by atoms with Crippen LogP contribution in [0.5, 0.6) is 5.75 Å². The monoisotopic (exact) mass is 456 g/mol. The Morgan fingerprint density at radius 3 is 2.41 bits per heavy atom. The SMILES string of the molecule is COc1cccc(CNC(=O)CN(c2ccc(C)cc2)S(=O)(=O)c2c(C)nn(C)c2C)c1. The van der Waals surface area contributed by atoms with E-state index in [0.717, 1.165) is 15.4 Å². The van der Waals surface area contributed by atoms with Gasteiger partial charge in [-0.3, -0.25) is 13.8 Å². The van der Waals surface area contributed by atoms with Crippen LogP contribution in [0.1, 0.15) is 22.5 Å². The van der Waals surface area contributed by atoms with Gasteiger partial charge in [-0.2, -0.15) is 5.10 Å². The van der Waals surface area contributed by atoms with Crippen LogP contribution in [-0.4, -0.2) is 37.8 Å². The molecule has 1 aromatic heterocycles. The van der Waals surface area contributed by atoms with Gasteiger partial charge in [0.2, 0.25) is 5.91 Å². The zero-order valence-corrected chi connectivity index (χ0v) is 19.7. The molecule has 3 aromatic rings. The molecule has 1 N–H and O–H groups in total. The summed E-state index contributed by atoms with van der Waals surface area (Å²) in [6, 6.07) is 14.3. The first kappa shape index (κ1) is 23.3. The van der Waals surface area contributed by atoms with Crippen LogP contribution in [0.15, 0.2) is 53.4 Å². The van der Waals surface area contributed by atoms with Crippen molar-refractivity contribution in [2.24, 2.45) is 7.05 Å². The Balaban J connectivity index is 1.89. The number of rotatable bonds is 8. The molecule has 0 atom stereocenters. The van der Waals surface area contributed by atoms with Gasteiger partial charge in [-0.05, 0) is 50.6 Å². The lowest BCUT2D eigenvalue weighted by Crippen LogP contribution is -2.41. The Morgan fingerprint density at radius 2 is 1.81 bits per heavy atom. The molecule has 2 aromatic carbocycles. The molecule has 0 fully saturated rings. The highest BCUT2D eigenvalue weighted by Gasteiger charge is 2.32. The van der Waals surface area contributed by atoms with Crippen molar-refractivity contribution in [2.75, 3.05) is 18.0 Å². The number of amides is 1. The summed E-state index contributed by atoms with van der Waals surface area (Å²) in [6.07, 6.45) is 0. The number of nitrogens with one attached hydrogen (secondary N) is 1. The fraction of sp³-hybridized carbons (Fsp3) is 0.304. The van der Waals surface area contributed by atoms with Crippen molar-refractivity contribution in [3.8, 4) is 5.75 Å². The Labute approximate surface area is 188 Å². The van der Waals surface area contributed by atoms with E-state index in [1.165, 1.54) is 4.68 Å². The van der Waals surface area contributed by atoms with Gasteiger partial charge < -0.3 is 10.1 Å². The third-order valence-electron chi connectivity index (χ3n) is 5.22. The second-order valence-electron chi connectivity index (χ2n) is 7.60. The number of anilines is 1. The number of carbonyl (C=O) groups excluding carboxylic acids is 1. The van der Waals surface area contributed by atoms with Gasteiger partial charge in [0.15, 0.2) is 0 Å². The lowest BCUT2D eigenvalue weighted by Gasteiger charge is -2.24. The Morgan fingerprint density at radius 1 is 1.12 bits per heavy atom. The first-order valence-corrected chi connectivity index (χ1v) is 11.6. The van der Waals surface area contributed by atoms with Gasteiger partial charge in [-0.25, -0.2) is 8.42 Å². The van der Waals surface area contributed by atoms with Crippen molar-refractivity contribution in [1.29, 1.82) is 0 Å². The van der Waals surface area contributed by atoms with Crippen LogP contribution in [0.25, 0.3) is 0 Å². The summed E-state index contributed by atoms with van der Waals surface area (Å²) < 4.78 is 35.1. The fourth-order valence-corrected chi connectivity index (χ4v) is 5.26. The molecule has 0 aliphatic rings. The van der Waals surface area contributed by atoms with Gasteiger partial charge in [0.25, 0.3) is 10.0 Å². The molecule has 3 rings (SSSR count). The van der Waals surface area contributed by atoms with E-state index in [1.54, 1.807) is 40.1 Å². The van der Waals surface area contributed by atoms with E-state index in [9.17, 15) is 13.2 Å². The van der Waals surface area contributed by atoms with E-state index in [-0.39, 0.29) is 18.0 Å². The molecule has 0 saturated heterocycles. The highest BCUT2D eigenvalue weighted by molar-refractivity contribution is 7.93. The van der Waals surface area contributed by atoms with Crippen LogP contribution in [0, 0.1) is 20.8 Å². The first-order chi connectivity index (χ1) is 15.1. The van der Waals surface area contributed by atoms with E-state index < -0.39 is 15.9 Å². The fourth-order valence-electron chi connectivity index (χ4n) is 3.43. The molecule has 1 heterocycles. The van der Waals surface area contributed by atoms with Crippen molar-refractivity contribution in [1.82, 2.24) is 15.1 Å². The van der Waals surface area contributed by atoms with Crippen molar-refractivity contribution in [3.63, 3.8) is 0 Å². The third kappa shape index (κ3) is 4.94. The number of nitrogens with zero attached hydrogens (tertiary/aromatic N) is 3. The van der Waals surface area contributed by atoms with E-state index in [1.807, 2.05) is 43.3 Å². The molecule has 32 heavy (non-hydrogen) atoms. The number of benzene rings is 2. The minimum Gasteiger partial charge on any atom is -0.497 e. The summed E-state index contributed by atoms with van der Waals surface area (Å²) in [6.45, 7) is 5.16. The molecule has 8 nitrogen and oxygen atoms in total. The number of hydrogen-bond acceptors (Lipinski definition) is 5. The first-order valence-electron chi connectivity index (χ1n) is 10.1. The average molecular weight is 457 g/mol. The molecule has 0 spiro atoms. The van der Waals surface area contributed by atoms with Crippen molar-refractivity contribution in [3.05, 3.63) is 71.0 Å². The van der Waals surface area contributed by atoms with Crippen molar-refractivity contribution < 1.29 is 17.9 Å². The molecule has 170 valence electrons. The molecule has 1 amide bonds. The van der Waals surface area contributed by atoms with Gasteiger partial charge in [0.05, 0.1) is 24.2 Å². The van der Waals surface area contributed by atoms with Crippen LogP contribution in [0.4, 0.5) is 5.69 Å². The molecule has 9 heteroatoms. The van der Waals surface area contributed by atoms with Crippen LogP contribution in [-0.2, 0) is 28.4 Å². The number of hydrogen-bond donors (Lipinski definition) is 1. The summed E-state index contributed by atoms with van der Waals surface area (Å²) in [5, 5.41) is 7.04. The third-order valence-corrected chi connectivity index (χ3v) is 7.25. The summed E-state index contributed by atoms with van der Waals surface area (Å²) in [7, 11) is -0.760. The van der Waals surface area contributed by atoms with E-state index in [0.29, 0.717) is 22.8 Å². The number of carbonyl (C=O) groups is 1. The van der Waals surface area contributed by atoms with Crippen LogP contribution >= 0.6 is 0 Å². The van der Waals surface area contributed by atoms with Crippen LogP contribution in [0.3, 0.4) is 0 Å². The van der Waals surface area contributed by atoms with Crippen LogP contribution in [0.2, 0.25) is 0 Å². The maximum Gasteiger partial charge on any atom is 0.268 e. The highest BCUT2D eigenvalue weighted by Crippen LogP contribution is 2.28. The quantitative estimate of drug-likeness (QED) is 0.563. The molecule has 0 bridgehead atoms. The summed E-state index contributed by atoms with van der Waals surface area (Å²) in [4.78, 5) is 12.9. The van der Waals surface area contributed by atoms with Gasteiger partial charge >= 0.3 is 0 Å². The molecule has 0 saturated carbocycles. The second kappa shape index (κ2) is 9.44. The molecule has 0 aliphatic heterocycles. The average Bonchev–Trinajstić information content (AvgIpc) is 3.03. The maximum atomic E-state index is 13.6. The zero-order valence-electron chi connectivity index (χ0n) is 18.9.